The fourth-order valence-electron chi connectivity index (χ4n) is 5.26. The first kappa shape index (κ1) is 48.8. The maximum absolute atomic E-state index is 12.1. The Balaban J connectivity index is 0. The van der Waals surface area contributed by atoms with Crippen molar-refractivity contribution in [2.75, 3.05) is 60.0 Å². The minimum atomic E-state index is -0.537. The number of amides is 5. The highest BCUT2D eigenvalue weighted by Gasteiger charge is 2.35. The highest BCUT2D eigenvalue weighted by atomic mass is 16.5. The molecule has 2 unspecified atom stereocenters. The van der Waals surface area contributed by atoms with Gasteiger partial charge in [-0.1, -0.05) is 73.3 Å². The first-order valence-corrected chi connectivity index (χ1v) is 18.0. The molecule has 2 aliphatic rings. The predicted octanol–water partition coefficient (Wildman–Crippen LogP) is 3.22. The highest BCUT2D eigenvalue weighted by Crippen LogP contribution is 2.31. The van der Waals surface area contributed by atoms with Crippen molar-refractivity contribution in [1.82, 2.24) is 31.1 Å². The summed E-state index contributed by atoms with van der Waals surface area (Å²) in [6.07, 6.45) is 12.5. The van der Waals surface area contributed by atoms with Crippen LogP contribution in [0.1, 0.15) is 106 Å². The maximum atomic E-state index is 12.1. The molecule has 0 aromatic heterocycles. The van der Waals surface area contributed by atoms with Gasteiger partial charge in [-0.05, 0) is 50.5 Å². The van der Waals surface area contributed by atoms with Gasteiger partial charge in [0.05, 0.1) is 13.1 Å². The zero-order valence-corrected chi connectivity index (χ0v) is 32.7. The molecule has 290 valence electrons. The van der Waals surface area contributed by atoms with Crippen LogP contribution in [0.5, 0.6) is 0 Å². The van der Waals surface area contributed by atoms with Gasteiger partial charge in [0.1, 0.15) is 11.8 Å². The number of carbonyl (C=O) groups excluding carboxylic acids is 6. The minimum absolute atomic E-state index is 0.0239. The van der Waals surface area contributed by atoms with Crippen LogP contribution in [0, 0.1) is 10.8 Å². The average Bonchev–Trinajstić information content (AvgIpc) is 3.55. The van der Waals surface area contributed by atoms with Crippen molar-refractivity contribution in [2.24, 2.45) is 10.8 Å². The molecule has 0 spiro atoms. The van der Waals surface area contributed by atoms with E-state index in [0.29, 0.717) is 50.7 Å². The number of ether oxygens (including phenoxy) is 1. The molecule has 50 heavy (non-hydrogen) atoms. The maximum Gasteiger partial charge on any atom is 0.243 e. The van der Waals surface area contributed by atoms with Crippen molar-refractivity contribution < 1.29 is 33.5 Å². The molecule has 0 aliphatic carbocycles. The van der Waals surface area contributed by atoms with Crippen LogP contribution in [0.2, 0.25) is 0 Å². The third-order valence-electron chi connectivity index (χ3n) is 8.36. The molecule has 2 atom stereocenters. The summed E-state index contributed by atoms with van der Waals surface area (Å²) in [6.45, 7) is 21.6. The van der Waals surface area contributed by atoms with Crippen LogP contribution >= 0.6 is 0 Å². The van der Waals surface area contributed by atoms with Gasteiger partial charge in [0.2, 0.25) is 30.5 Å². The number of ketones is 1. The monoisotopic (exact) mass is 711 g/mol. The van der Waals surface area contributed by atoms with E-state index in [0.717, 1.165) is 32.5 Å². The molecular weight excluding hydrogens is 640 g/mol. The summed E-state index contributed by atoms with van der Waals surface area (Å²) in [6, 6.07) is -0.182. The van der Waals surface area contributed by atoms with E-state index in [9.17, 15) is 28.8 Å². The number of nitrogens with one attached hydrogen (secondary N) is 4. The number of likely N-dealkylation sites (N-methyl/N-ethyl adjacent to an activating group) is 1. The second-order valence-corrected chi connectivity index (χ2v) is 14.5. The number of nitrogens with zero attached hydrogens (tertiary/aromatic N) is 2. The van der Waals surface area contributed by atoms with Crippen molar-refractivity contribution in [3.8, 4) is 0 Å². The molecule has 2 saturated heterocycles. The van der Waals surface area contributed by atoms with E-state index >= 15 is 0 Å². The molecule has 2 rings (SSSR count). The molecule has 2 fully saturated rings. The van der Waals surface area contributed by atoms with Gasteiger partial charge in [-0.25, -0.2) is 0 Å². The summed E-state index contributed by atoms with van der Waals surface area (Å²) < 4.78 is 4.92. The molecule has 2 aliphatic heterocycles. The van der Waals surface area contributed by atoms with Crippen LogP contribution in [-0.2, 0) is 33.5 Å². The topological polar surface area (TPSA) is 166 Å². The number of likely N-dealkylation sites (tertiary alicyclic amines) is 2. The first-order valence-electron chi connectivity index (χ1n) is 18.0. The lowest BCUT2D eigenvalue weighted by Gasteiger charge is -2.40. The van der Waals surface area contributed by atoms with E-state index < -0.39 is 6.04 Å². The van der Waals surface area contributed by atoms with Crippen molar-refractivity contribution >= 4 is 36.3 Å². The highest BCUT2D eigenvalue weighted by molar-refractivity contribution is 5.91. The molecule has 0 aromatic carbocycles. The summed E-state index contributed by atoms with van der Waals surface area (Å²) in [5.74, 6) is -0.433. The van der Waals surface area contributed by atoms with E-state index in [1.165, 1.54) is 43.9 Å². The summed E-state index contributed by atoms with van der Waals surface area (Å²) in [7, 11) is 3.74. The smallest absolute Gasteiger partial charge is 0.243 e. The van der Waals surface area contributed by atoms with Crippen LogP contribution in [0.25, 0.3) is 0 Å². The molecule has 0 aromatic rings. The Kier molecular flexibility index (Phi) is 27.7. The Morgan fingerprint density at radius 2 is 1.68 bits per heavy atom. The second-order valence-electron chi connectivity index (χ2n) is 14.5. The molecule has 13 nitrogen and oxygen atoms in total. The van der Waals surface area contributed by atoms with Crippen molar-refractivity contribution in [3.63, 3.8) is 0 Å². The second kappa shape index (κ2) is 28.4. The van der Waals surface area contributed by atoms with Gasteiger partial charge in [-0.3, -0.25) is 28.8 Å². The molecule has 13 heteroatoms. The van der Waals surface area contributed by atoms with Gasteiger partial charge in [-0.2, -0.15) is 0 Å². The SMILES string of the molecule is C=CCNC=O.CC(=O)CNC(=O)C1CCCN1C(=O)CNC=O.CCCCCCCOC.CNC(CN1CCC(C)(C)CC1=O)C(C)(C)C. The van der Waals surface area contributed by atoms with Gasteiger partial charge in [0.25, 0.3) is 0 Å². The average molecular weight is 711 g/mol. The first-order chi connectivity index (χ1) is 23.5. The normalized spacial score (nSPS) is 16.9. The quantitative estimate of drug-likeness (QED) is 0.0957. The number of carbonyl (C=O) groups is 6. The summed E-state index contributed by atoms with van der Waals surface area (Å²) >= 11 is 0. The van der Waals surface area contributed by atoms with E-state index in [2.05, 4.69) is 69.4 Å². The van der Waals surface area contributed by atoms with Crippen LogP contribution < -0.4 is 21.3 Å². The Hall–Kier alpha value is -3.32. The molecule has 0 radical (unpaired) electrons. The lowest BCUT2D eigenvalue weighted by atomic mass is 9.81. The van der Waals surface area contributed by atoms with E-state index in [4.69, 9.17) is 4.74 Å². The van der Waals surface area contributed by atoms with Gasteiger partial charge >= 0.3 is 0 Å². The van der Waals surface area contributed by atoms with Crippen molar-refractivity contribution in [1.29, 1.82) is 0 Å². The molecule has 0 bridgehead atoms. The molecule has 4 N–H and O–H groups in total. The van der Waals surface area contributed by atoms with Crippen LogP contribution in [-0.4, -0.2) is 118 Å². The third kappa shape index (κ3) is 23.9. The van der Waals surface area contributed by atoms with Gasteiger partial charge in [0.15, 0.2) is 0 Å². The summed E-state index contributed by atoms with van der Waals surface area (Å²) in [5, 5.41) is 10.5. The van der Waals surface area contributed by atoms with Crippen LogP contribution in [0.4, 0.5) is 0 Å². The minimum Gasteiger partial charge on any atom is -0.385 e. The number of piperidine rings is 1. The summed E-state index contributed by atoms with van der Waals surface area (Å²) in [5.41, 5.74) is 0.368. The largest absolute Gasteiger partial charge is 0.385 e. The molecular formula is C37H70N6O7. The fraction of sp³-hybridized carbons (Fsp3) is 0.784. The zero-order chi connectivity index (χ0) is 38.6. The van der Waals surface area contributed by atoms with E-state index in [1.807, 2.05) is 11.9 Å². The lowest BCUT2D eigenvalue weighted by Crippen LogP contribution is -2.51. The van der Waals surface area contributed by atoms with Gasteiger partial charge in [0, 0.05) is 52.4 Å². The predicted molar refractivity (Wildman–Crippen MR) is 199 cm³/mol. The Labute approximate surface area is 302 Å². The summed E-state index contributed by atoms with van der Waals surface area (Å²) in [4.78, 5) is 69.4. The van der Waals surface area contributed by atoms with Crippen LogP contribution in [0.15, 0.2) is 12.7 Å². The van der Waals surface area contributed by atoms with Crippen LogP contribution in [0.3, 0.4) is 0 Å². The number of methoxy groups -OCH3 is 1. The fourth-order valence-corrected chi connectivity index (χ4v) is 5.26. The number of hydrogen-bond acceptors (Lipinski definition) is 8. The number of hydrogen-bond donors (Lipinski definition) is 4. The van der Waals surface area contributed by atoms with Crippen molar-refractivity contribution in [3.05, 3.63) is 12.7 Å². The van der Waals surface area contributed by atoms with Gasteiger partial charge in [-0.15, -0.1) is 6.58 Å². The van der Waals surface area contributed by atoms with Gasteiger partial charge < -0.3 is 35.8 Å². The number of Topliss-reactive ketones (excluding diaryl/α,β-unsaturated/α-hetero) is 1. The lowest BCUT2D eigenvalue weighted by molar-refractivity contribution is -0.138. The number of rotatable bonds is 18. The van der Waals surface area contributed by atoms with E-state index in [-0.39, 0.29) is 41.5 Å². The Morgan fingerprint density at radius 1 is 1.04 bits per heavy atom. The molecule has 5 amide bonds. The number of unbranched alkanes of at least 4 members (excludes halogenated alkanes) is 4. The molecule has 2 heterocycles. The van der Waals surface area contributed by atoms with Crippen molar-refractivity contribution in [2.45, 2.75) is 118 Å². The Morgan fingerprint density at radius 3 is 2.16 bits per heavy atom. The van der Waals surface area contributed by atoms with E-state index in [1.54, 1.807) is 13.2 Å². The molecule has 0 saturated carbocycles. The standard InChI is InChI=1S/C14H28N2O.C11H17N3O4.C8H18O.C4H7NO/c1-13(2,3)11(15-6)10-16-8-7-14(4,5)9-12(16)17;1-8(16)5-13-11(18)9-3-2-4-14(9)10(17)6-12-7-15;1-3-4-5-6-7-8-9-2;1-2-3-5-4-6/h11,15H,7-10H2,1-6H3;7,9H,2-6H2,1H3,(H,12,15)(H,13,18);3-8H2,1-2H3;2,4H,1,3H2,(H,5,6). The Bertz CT molecular complexity index is 985. The third-order valence-corrected chi connectivity index (χ3v) is 8.36. The zero-order valence-electron chi connectivity index (χ0n) is 32.7.